The number of benzene rings is 2. The minimum Gasteiger partial charge on any atom is -0.429 e. The number of hydrogen-bond acceptors (Lipinski definition) is 1. The highest BCUT2D eigenvalue weighted by molar-refractivity contribution is 5.34. The number of ether oxygens (including phenoxy) is 1. The van der Waals surface area contributed by atoms with Crippen LogP contribution in [0.1, 0.15) is 23.6 Å². The summed E-state index contributed by atoms with van der Waals surface area (Å²) in [6.45, 7) is 1.51. The smallest absolute Gasteiger partial charge is 0.429 e. The minimum atomic E-state index is -5.41. The minimum absolute atomic E-state index is 0.0613. The molecular formula is C16H9F9O. The number of halogens is 9. The largest absolute Gasteiger partial charge is 0.432 e. The van der Waals surface area contributed by atoms with Gasteiger partial charge in [0.05, 0.1) is 0 Å². The van der Waals surface area contributed by atoms with Crippen molar-refractivity contribution in [1.82, 2.24) is 0 Å². The average Bonchev–Trinajstić information content (AvgIpc) is 2.42. The van der Waals surface area contributed by atoms with Gasteiger partial charge in [-0.05, 0) is 24.1 Å². The van der Waals surface area contributed by atoms with Gasteiger partial charge < -0.3 is 4.74 Å². The standard InChI is InChI=1S/C16H9F9O/c1-2-7-3-9(17)14(10(18)4-7)16(24,25)26-8-5-11(19)13(12(20)6-8)15(21,22)23/h3-6H,2H2,1H3. The Balaban J connectivity index is 2.45. The third kappa shape index (κ3) is 3.88. The van der Waals surface area contributed by atoms with Gasteiger partial charge in [-0.15, -0.1) is 0 Å². The lowest BCUT2D eigenvalue weighted by Gasteiger charge is -2.20. The first-order valence-corrected chi connectivity index (χ1v) is 6.98. The summed E-state index contributed by atoms with van der Waals surface area (Å²) in [6, 6.07) is 0.916. The van der Waals surface area contributed by atoms with Crippen LogP contribution in [-0.2, 0) is 18.7 Å². The van der Waals surface area contributed by atoms with Crippen molar-refractivity contribution >= 4 is 0 Å². The summed E-state index contributed by atoms with van der Waals surface area (Å²) in [4.78, 5) is 0. The third-order valence-electron chi connectivity index (χ3n) is 3.35. The molecule has 0 saturated heterocycles. The number of hydrogen-bond donors (Lipinski definition) is 0. The van der Waals surface area contributed by atoms with Crippen LogP contribution in [0.2, 0.25) is 0 Å². The van der Waals surface area contributed by atoms with Gasteiger partial charge >= 0.3 is 12.3 Å². The molecule has 0 fully saturated rings. The molecule has 0 N–H and O–H groups in total. The van der Waals surface area contributed by atoms with Gasteiger partial charge in [-0.2, -0.15) is 22.0 Å². The van der Waals surface area contributed by atoms with E-state index >= 15 is 0 Å². The Hall–Kier alpha value is -2.39. The van der Waals surface area contributed by atoms with Gasteiger partial charge in [-0.3, -0.25) is 0 Å². The van der Waals surface area contributed by atoms with Crippen LogP contribution in [0.3, 0.4) is 0 Å². The van der Waals surface area contributed by atoms with Gasteiger partial charge in [0.25, 0.3) is 0 Å². The molecular weight excluding hydrogens is 379 g/mol. The van der Waals surface area contributed by atoms with Gasteiger partial charge in [0.2, 0.25) is 0 Å². The van der Waals surface area contributed by atoms with E-state index in [0.29, 0.717) is 12.1 Å². The number of aryl methyl sites for hydroxylation is 1. The Morgan fingerprint density at radius 2 is 1.15 bits per heavy atom. The van der Waals surface area contributed by atoms with E-state index in [1.54, 1.807) is 0 Å². The number of alkyl halides is 5. The monoisotopic (exact) mass is 388 g/mol. The first-order chi connectivity index (χ1) is 11.9. The first kappa shape index (κ1) is 19.9. The quantitative estimate of drug-likeness (QED) is 0.588. The van der Waals surface area contributed by atoms with E-state index in [0.717, 1.165) is 0 Å². The zero-order chi connectivity index (χ0) is 19.9. The van der Waals surface area contributed by atoms with Crippen molar-refractivity contribution in [3.8, 4) is 5.75 Å². The van der Waals surface area contributed by atoms with Crippen LogP contribution < -0.4 is 4.74 Å². The fourth-order valence-electron chi connectivity index (χ4n) is 2.19. The molecule has 0 aromatic heterocycles. The molecule has 0 spiro atoms. The molecule has 0 unspecified atom stereocenters. The van der Waals surface area contributed by atoms with Gasteiger partial charge in [0, 0.05) is 12.1 Å². The predicted molar refractivity (Wildman–Crippen MR) is 71.6 cm³/mol. The van der Waals surface area contributed by atoms with E-state index in [1.807, 2.05) is 0 Å². The Labute approximate surface area is 141 Å². The molecule has 10 heteroatoms. The Kier molecular flexibility index (Phi) is 5.16. The number of rotatable bonds is 4. The van der Waals surface area contributed by atoms with E-state index in [4.69, 9.17) is 0 Å². The van der Waals surface area contributed by atoms with Crippen molar-refractivity contribution in [3.63, 3.8) is 0 Å². The second kappa shape index (κ2) is 6.73. The molecule has 26 heavy (non-hydrogen) atoms. The van der Waals surface area contributed by atoms with Crippen LogP contribution in [0.25, 0.3) is 0 Å². The maximum absolute atomic E-state index is 14.0. The molecule has 0 bridgehead atoms. The second-order valence-electron chi connectivity index (χ2n) is 5.17. The summed E-state index contributed by atoms with van der Waals surface area (Å²) in [6.07, 6.45) is -10.0. The van der Waals surface area contributed by atoms with Crippen LogP contribution in [0.5, 0.6) is 5.75 Å². The maximum Gasteiger partial charge on any atom is 0.432 e. The Morgan fingerprint density at radius 1 is 0.731 bits per heavy atom. The highest BCUT2D eigenvalue weighted by atomic mass is 19.4. The van der Waals surface area contributed by atoms with Crippen molar-refractivity contribution < 1.29 is 44.3 Å². The summed E-state index contributed by atoms with van der Waals surface area (Å²) in [5.41, 5.74) is -4.08. The van der Waals surface area contributed by atoms with Crippen molar-refractivity contribution in [3.05, 3.63) is 64.2 Å². The summed E-state index contributed by atoms with van der Waals surface area (Å²) in [7, 11) is 0. The highest BCUT2D eigenvalue weighted by Crippen LogP contribution is 2.39. The van der Waals surface area contributed by atoms with Crippen LogP contribution in [-0.4, -0.2) is 0 Å². The highest BCUT2D eigenvalue weighted by Gasteiger charge is 2.43. The van der Waals surface area contributed by atoms with Gasteiger partial charge in [0.15, 0.2) is 0 Å². The molecule has 0 saturated carbocycles. The van der Waals surface area contributed by atoms with Gasteiger partial charge in [-0.1, -0.05) is 6.92 Å². The Bertz CT molecular complexity index is 781. The summed E-state index contributed by atoms with van der Waals surface area (Å²) < 4.78 is 124. The molecule has 0 heterocycles. The van der Waals surface area contributed by atoms with Crippen LogP contribution in [0, 0.1) is 23.3 Å². The van der Waals surface area contributed by atoms with E-state index in [-0.39, 0.29) is 24.1 Å². The predicted octanol–water partition coefficient (Wildman–Crippen LogP) is 5.95. The lowest BCUT2D eigenvalue weighted by atomic mass is 10.1. The topological polar surface area (TPSA) is 9.23 Å². The van der Waals surface area contributed by atoms with Crippen LogP contribution in [0.15, 0.2) is 24.3 Å². The van der Waals surface area contributed by atoms with Crippen molar-refractivity contribution in [1.29, 1.82) is 0 Å². The molecule has 0 atom stereocenters. The molecule has 0 aliphatic heterocycles. The van der Waals surface area contributed by atoms with Gasteiger partial charge in [-0.25, -0.2) is 17.6 Å². The lowest BCUT2D eigenvalue weighted by molar-refractivity contribution is -0.189. The van der Waals surface area contributed by atoms with E-state index in [1.165, 1.54) is 6.92 Å². The molecule has 2 aromatic rings. The zero-order valence-electron chi connectivity index (χ0n) is 12.8. The van der Waals surface area contributed by atoms with Crippen LogP contribution in [0.4, 0.5) is 39.5 Å². The molecule has 0 aliphatic carbocycles. The summed E-state index contributed by atoms with van der Waals surface area (Å²) >= 11 is 0. The first-order valence-electron chi connectivity index (χ1n) is 6.98. The molecule has 2 aromatic carbocycles. The van der Waals surface area contributed by atoms with Crippen molar-refractivity contribution in [2.45, 2.75) is 25.6 Å². The van der Waals surface area contributed by atoms with Crippen LogP contribution >= 0.6 is 0 Å². The summed E-state index contributed by atoms with van der Waals surface area (Å²) in [5, 5.41) is 0. The maximum atomic E-state index is 14.0. The fourth-order valence-corrected chi connectivity index (χ4v) is 2.19. The van der Waals surface area contributed by atoms with E-state index in [2.05, 4.69) is 4.74 Å². The van der Waals surface area contributed by atoms with Gasteiger partial charge in [0.1, 0.15) is 40.1 Å². The average molecular weight is 388 g/mol. The lowest BCUT2D eigenvalue weighted by Crippen LogP contribution is -2.26. The molecule has 0 radical (unpaired) electrons. The Morgan fingerprint density at radius 3 is 1.54 bits per heavy atom. The molecule has 0 aliphatic rings. The zero-order valence-corrected chi connectivity index (χ0v) is 12.8. The normalized spacial score (nSPS) is 12.4. The molecule has 0 amide bonds. The molecule has 1 nitrogen and oxygen atoms in total. The fraction of sp³-hybridized carbons (Fsp3) is 0.250. The second-order valence-corrected chi connectivity index (χ2v) is 5.17. The van der Waals surface area contributed by atoms with E-state index < -0.39 is 52.4 Å². The molecule has 142 valence electrons. The summed E-state index contributed by atoms with van der Waals surface area (Å²) in [5.74, 6) is -9.17. The van der Waals surface area contributed by atoms with E-state index in [9.17, 15) is 39.5 Å². The SMILES string of the molecule is CCc1cc(F)c(C(F)(F)Oc2cc(F)c(C(F)(F)F)c(F)c2)c(F)c1. The van der Waals surface area contributed by atoms with Crippen molar-refractivity contribution in [2.24, 2.45) is 0 Å². The third-order valence-corrected chi connectivity index (χ3v) is 3.35. The van der Waals surface area contributed by atoms with Crippen molar-refractivity contribution in [2.75, 3.05) is 0 Å². The molecule has 2 rings (SSSR count).